The topological polar surface area (TPSA) is 76.7 Å². The Hall–Kier alpha value is -2.08. The molecule has 1 amide bonds. The summed E-state index contributed by atoms with van der Waals surface area (Å²) in [7, 11) is 3.33. The number of likely N-dealkylation sites (N-methyl/N-ethyl adjacent to an activating group) is 1. The zero-order valence-corrected chi connectivity index (χ0v) is 12.9. The molecule has 0 fully saturated rings. The second-order valence-electron chi connectivity index (χ2n) is 4.85. The van der Waals surface area contributed by atoms with Crippen molar-refractivity contribution in [3.05, 3.63) is 23.8 Å². The minimum Gasteiger partial charge on any atom is -0.422 e. The van der Waals surface area contributed by atoms with Crippen LogP contribution >= 0.6 is 0 Å². The number of amides is 1. The molecule has 0 aliphatic rings. The Balaban J connectivity index is 2.99. The van der Waals surface area contributed by atoms with Crippen molar-refractivity contribution in [2.75, 3.05) is 20.6 Å². The molecule has 0 saturated heterocycles. The van der Waals surface area contributed by atoms with Gasteiger partial charge < -0.3 is 20.1 Å². The Kier molecular flexibility index (Phi) is 6.68. The van der Waals surface area contributed by atoms with Crippen molar-refractivity contribution in [3.8, 4) is 11.5 Å². The molecule has 0 unspecified atom stereocenters. The second-order valence-corrected chi connectivity index (χ2v) is 4.85. The zero-order chi connectivity index (χ0) is 15.8. The highest BCUT2D eigenvalue weighted by Crippen LogP contribution is 2.29. The number of nitrogens with one attached hydrogen (secondary N) is 2. The SMILES string of the molecule is CNCCc1ccc(OC(=O)NC)c(OC(=O)C(C)C)c1. The van der Waals surface area contributed by atoms with E-state index in [1.807, 2.05) is 13.1 Å². The summed E-state index contributed by atoms with van der Waals surface area (Å²) < 4.78 is 10.4. The van der Waals surface area contributed by atoms with Crippen LogP contribution in [0.2, 0.25) is 0 Å². The van der Waals surface area contributed by atoms with Gasteiger partial charge in [0.2, 0.25) is 0 Å². The monoisotopic (exact) mass is 294 g/mol. The van der Waals surface area contributed by atoms with Crippen LogP contribution in [-0.4, -0.2) is 32.7 Å². The molecule has 6 nitrogen and oxygen atoms in total. The molecule has 0 aliphatic carbocycles. The number of hydrogen-bond acceptors (Lipinski definition) is 5. The van der Waals surface area contributed by atoms with Crippen LogP contribution in [0.4, 0.5) is 4.79 Å². The standard InChI is InChI=1S/C15H22N2O4/c1-10(2)14(18)20-13-9-11(7-8-16-3)5-6-12(13)21-15(19)17-4/h5-6,9-10,16H,7-8H2,1-4H3,(H,17,19). The Bertz CT molecular complexity index is 500. The average Bonchev–Trinajstić information content (AvgIpc) is 2.46. The van der Waals surface area contributed by atoms with Gasteiger partial charge in [0.15, 0.2) is 11.5 Å². The summed E-state index contributed by atoms with van der Waals surface area (Å²) in [6, 6.07) is 5.18. The molecule has 0 aliphatic heterocycles. The fourth-order valence-electron chi connectivity index (χ4n) is 1.52. The Morgan fingerprint density at radius 1 is 1.14 bits per heavy atom. The highest BCUT2D eigenvalue weighted by molar-refractivity contribution is 5.76. The number of carbonyl (C=O) groups excluding carboxylic acids is 2. The van der Waals surface area contributed by atoms with E-state index in [2.05, 4.69) is 10.6 Å². The van der Waals surface area contributed by atoms with E-state index in [0.29, 0.717) is 0 Å². The van der Waals surface area contributed by atoms with Crippen molar-refractivity contribution in [2.45, 2.75) is 20.3 Å². The maximum Gasteiger partial charge on any atom is 0.412 e. The second kappa shape index (κ2) is 8.26. The minimum absolute atomic E-state index is 0.219. The highest BCUT2D eigenvalue weighted by Gasteiger charge is 2.16. The zero-order valence-electron chi connectivity index (χ0n) is 12.9. The minimum atomic E-state index is -0.611. The van der Waals surface area contributed by atoms with Crippen LogP contribution in [0, 0.1) is 5.92 Å². The molecule has 0 atom stereocenters. The number of carbonyl (C=O) groups is 2. The molecule has 116 valence electrons. The normalized spacial score (nSPS) is 10.3. The van der Waals surface area contributed by atoms with Gasteiger partial charge in [-0.2, -0.15) is 0 Å². The molecule has 0 bridgehead atoms. The van der Waals surface area contributed by atoms with Crippen LogP contribution in [0.15, 0.2) is 18.2 Å². The lowest BCUT2D eigenvalue weighted by atomic mass is 10.1. The first kappa shape index (κ1) is 17.0. The molecular formula is C15H22N2O4. The first-order chi connectivity index (χ1) is 9.97. The number of esters is 1. The third kappa shape index (κ3) is 5.43. The van der Waals surface area contributed by atoms with Crippen LogP contribution in [-0.2, 0) is 11.2 Å². The van der Waals surface area contributed by atoms with Crippen molar-refractivity contribution >= 4 is 12.1 Å². The maximum absolute atomic E-state index is 11.8. The smallest absolute Gasteiger partial charge is 0.412 e. The van der Waals surface area contributed by atoms with E-state index < -0.39 is 6.09 Å². The van der Waals surface area contributed by atoms with Gasteiger partial charge in [-0.05, 0) is 37.7 Å². The third-order valence-electron chi connectivity index (χ3n) is 2.76. The Morgan fingerprint density at radius 3 is 2.43 bits per heavy atom. The maximum atomic E-state index is 11.8. The molecule has 2 N–H and O–H groups in total. The van der Waals surface area contributed by atoms with Gasteiger partial charge in [0.25, 0.3) is 0 Å². The average molecular weight is 294 g/mol. The summed E-state index contributed by atoms with van der Waals surface area (Å²) in [5.74, 6) is -0.163. The number of hydrogen-bond donors (Lipinski definition) is 2. The van der Waals surface area contributed by atoms with Crippen LogP contribution in [0.3, 0.4) is 0 Å². The number of rotatable bonds is 6. The summed E-state index contributed by atoms with van der Waals surface area (Å²) in [6.07, 6.45) is 0.169. The van der Waals surface area contributed by atoms with Gasteiger partial charge in [-0.3, -0.25) is 4.79 Å². The van der Waals surface area contributed by atoms with Gasteiger partial charge in [-0.1, -0.05) is 19.9 Å². The Morgan fingerprint density at radius 2 is 1.86 bits per heavy atom. The predicted octanol–water partition coefficient (Wildman–Crippen LogP) is 1.73. The van der Waals surface area contributed by atoms with Gasteiger partial charge in [0.05, 0.1) is 5.92 Å². The van der Waals surface area contributed by atoms with Crippen molar-refractivity contribution < 1.29 is 19.1 Å². The van der Waals surface area contributed by atoms with E-state index >= 15 is 0 Å². The van der Waals surface area contributed by atoms with Crippen LogP contribution in [0.5, 0.6) is 11.5 Å². The van der Waals surface area contributed by atoms with E-state index in [1.54, 1.807) is 26.0 Å². The van der Waals surface area contributed by atoms with Gasteiger partial charge >= 0.3 is 12.1 Å². The van der Waals surface area contributed by atoms with Crippen molar-refractivity contribution in [2.24, 2.45) is 5.92 Å². The first-order valence-corrected chi connectivity index (χ1v) is 6.86. The molecule has 0 saturated carbocycles. The molecule has 1 rings (SSSR count). The number of benzene rings is 1. The fraction of sp³-hybridized carbons (Fsp3) is 0.467. The van der Waals surface area contributed by atoms with E-state index in [0.717, 1.165) is 18.5 Å². The van der Waals surface area contributed by atoms with Gasteiger partial charge in [-0.25, -0.2) is 4.79 Å². The lowest BCUT2D eigenvalue weighted by molar-refractivity contribution is -0.137. The largest absolute Gasteiger partial charge is 0.422 e. The van der Waals surface area contributed by atoms with Crippen LogP contribution < -0.4 is 20.1 Å². The van der Waals surface area contributed by atoms with Crippen molar-refractivity contribution in [1.29, 1.82) is 0 Å². The quantitative estimate of drug-likeness (QED) is 0.617. The molecule has 0 spiro atoms. The number of ether oxygens (including phenoxy) is 2. The lowest BCUT2D eigenvalue weighted by Gasteiger charge is -2.13. The molecule has 0 heterocycles. The molecule has 6 heteroatoms. The van der Waals surface area contributed by atoms with Gasteiger partial charge in [0, 0.05) is 7.05 Å². The van der Waals surface area contributed by atoms with E-state index in [-0.39, 0.29) is 23.4 Å². The predicted molar refractivity (Wildman–Crippen MR) is 79.6 cm³/mol. The van der Waals surface area contributed by atoms with Crippen LogP contribution in [0.25, 0.3) is 0 Å². The van der Waals surface area contributed by atoms with Crippen LogP contribution in [0.1, 0.15) is 19.4 Å². The molecule has 0 aromatic heterocycles. The summed E-state index contributed by atoms with van der Waals surface area (Å²) in [6.45, 7) is 4.28. The first-order valence-electron chi connectivity index (χ1n) is 6.86. The molecule has 1 aromatic carbocycles. The third-order valence-corrected chi connectivity index (χ3v) is 2.76. The Labute approximate surface area is 124 Å². The lowest BCUT2D eigenvalue weighted by Crippen LogP contribution is -2.23. The van der Waals surface area contributed by atoms with Gasteiger partial charge in [0.1, 0.15) is 0 Å². The van der Waals surface area contributed by atoms with Crippen molar-refractivity contribution in [1.82, 2.24) is 10.6 Å². The summed E-state index contributed by atoms with van der Waals surface area (Å²) in [5.41, 5.74) is 0.986. The van der Waals surface area contributed by atoms with Gasteiger partial charge in [-0.15, -0.1) is 0 Å². The van der Waals surface area contributed by atoms with E-state index in [9.17, 15) is 9.59 Å². The fourth-order valence-corrected chi connectivity index (χ4v) is 1.52. The van der Waals surface area contributed by atoms with E-state index in [4.69, 9.17) is 9.47 Å². The highest BCUT2D eigenvalue weighted by atomic mass is 16.6. The summed E-state index contributed by atoms with van der Waals surface area (Å²) >= 11 is 0. The molecule has 1 aromatic rings. The van der Waals surface area contributed by atoms with E-state index in [1.165, 1.54) is 7.05 Å². The molecule has 21 heavy (non-hydrogen) atoms. The molecular weight excluding hydrogens is 272 g/mol. The summed E-state index contributed by atoms with van der Waals surface area (Å²) in [5, 5.41) is 5.40. The molecule has 0 radical (unpaired) electrons. The van der Waals surface area contributed by atoms with Crippen molar-refractivity contribution in [3.63, 3.8) is 0 Å². The summed E-state index contributed by atoms with van der Waals surface area (Å²) in [4.78, 5) is 23.1.